The van der Waals surface area contributed by atoms with Crippen LogP contribution in [0.25, 0.3) is 0 Å². The largest absolute Gasteiger partial charge is 0.330 e. The first-order chi connectivity index (χ1) is 9.45. The Hall–Kier alpha value is -2.20. The van der Waals surface area contributed by atoms with Crippen molar-refractivity contribution < 1.29 is 0 Å². The third-order valence-electron chi connectivity index (χ3n) is 3.46. The Balaban J connectivity index is 1.97. The number of allylic oxidation sites excluding steroid dienone is 5. The average molecular weight is 247 g/mol. The van der Waals surface area contributed by atoms with E-state index in [9.17, 15) is 0 Å². The molecule has 1 unspecified atom stereocenters. The number of para-hydroxylation sites is 1. The molecule has 1 atom stereocenters. The van der Waals surface area contributed by atoms with Crippen LogP contribution in [0, 0.1) is 11.8 Å². The molecule has 0 aliphatic heterocycles. The first-order valence-electron chi connectivity index (χ1n) is 6.81. The van der Waals surface area contributed by atoms with E-state index in [2.05, 4.69) is 71.4 Å². The zero-order valence-electron chi connectivity index (χ0n) is 10.9. The quantitative estimate of drug-likeness (QED) is 0.728. The maximum Gasteiger partial charge on any atom is 0.0987 e. The van der Waals surface area contributed by atoms with Crippen molar-refractivity contribution in [2.24, 2.45) is 0 Å². The van der Waals surface area contributed by atoms with Crippen LogP contribution in [-0.2, 0) is 0 Å². The summed E-state index contributed by atoms with van der Waals surface area (Å²) in [5.41, 5.74) is 2.60. The number of hydrogen-bond acceptors (Lipinski definition) is 1. The number of anilines is 1. The molecule has 0 fully saturated rings. The Morgan fingerprint density at radius 3 is 2.68 bits per heavy atom. The smallest absolute Gasteiger partial charge is 0.0987 e. The Bertz CT molecular complexity index is 581. The molecule has 94 valence electrons. The molecule has 0 N–H and O–H groups in total. The third-order valence-corrected chi connectivity index (χ3v) is 3.46. The number of nitrogens with zero attached hydrogens (tertiary/aromatic N) is 1. The van der Waals surface area contributed by atoms with Gasteiger partial charge in [0.1, 0.15) is 0 Å². The van der Waals surface area contributed by atoms with E-state index in [4.69, 9.17) is 0 Å². The van der Waals surface area contributed by atoms with Crippen LogP contribution in [0.3, 0.4) is 0 Å². The molecule has 1 aromatic carbocycles. The second-order valence-electron chi connectivity index (χ2n) is 4.77. The van der Waals surface area contributed by atoms with Gasteiger partial charge in [-0.05, 0) is 43.5 Å². The van der Waals surface area contributed by atoms with Crippen LogP contribution in [0.15, 0.2) is 66.4 Å². The minimum absolute atomic E-state index is 0.255. The van der Waals surface area contributed by atoms with Crippen molar-refractivity contribution in [2.75, 3.05) is 4.90 Å². The monoisotopic (exact) mass is 247 g/mol. The lowest BCUT2D eigenvalue weighted by Crippen LogP contribution is -2.34. The summed E-state index contributed by atoms with van der Waals surface area (Å²) in [5.74, 6) is 6.45. The molecule has 0 saturated heterocycles. The summed E-state index contributed by atoms with van der Waals surface area (Å²) in [4.78, 5) is 2.39. The summed E-state index contributed by atoms with van der Waals surface area (Å²) >= 11 is 0. The molecule has 1 nitrogen and oxygen atoms in total. The normalized spacial score (nSPS) is 20.4. The van der Waals surface area contributed by atoms with Crippen molar-refractivity contribution in [3.05, 3.63) is 66.4 Å². The van der Waals surface area contributed by atoms with Gasteiger partial charge < -0.3 is 4.90 Å². The van der Waals surface area contributed by atoms with Gasteiger partial charge in [-0.3, -0.25) is 0 Å². The van der Waals surface area contributed by atoms with Crippen LogP contribution in [0.5, 0.6) is 0 Å². The van der Waals surface area contributed by atoms with Gasteiger partial charge in [0.25, 0.3) is 0 Å². The van der Waals surface area contributed by atoms with E-state index in [-0.39, 0.29) is 6.04 Å². The topological polar surface area (TPSA) is 3.24 Å². The molecule has 0 saturated carbocycles. The summed E-state index contributed by atoms with van der Waals surface area (Å²) in [6, 6.07) is 10.8. The minimum atomic E-state index is 0.255. The third kappa shape index (κ3) is 2.63. The minimum Gasteiger partial charge on any atom is -0.330 e. The van der Waals surface area contributed by atoms with Crippen molar-refractivity contribution in [3.8, 4) is 11.8 Å². The van der Waals surface area contributed by atoms with Crippen LogP contribution in [0.4, 0.5) is 5.69 Å². The van der Waals surface area contributed by atoms with Gasteiger partial charge in [-0.25, -0.2) is 0 Å². The lowest BCUT2D eigenvalue weighted by Gasteiger charge is -2.33. The predicted molar refractivity (Wildman–Crippen MR) is 80.7 cm³/mol. The first kappa shape index (κ1) is 11.9. The highest BCUT2D eigenvalue weighted by molar-refractivity contribution is 5.56. The molecule has 0 amide bonds. The van der Waals surface area contributed by atoms with Crippen LogP contribution in [0.1, 0.15) is 19.3 Å². The fourth-order valence-electron chi connectivity index (χ4n) is 2.55. The molecule has 1 heteroatoms. The molecule has 0 bridgehead atoms. The van der Waals surface area contributed by atoms with E-state index in [1.54, 1.807) is 0 Å². The molecular weight excluding hydrogens is 230 g/mol. The maximum atomic E-state index is 3.34. The Labute approximate surface area is 114 Å². The standard InChI is InChI=1S/C18H17N/c1-4-10-16(11-5-1)19(17-12-6-2-7-13-17)18-14-8-3-9-15-18/h1-6,8,10-12,18H,7,13-14H2. The van der Waals surface area contributed by atoms with E-state index in [1.165, 1.54) is 11.4 Å². The molecule has 0 aromatic heterocycles. The van der Waals surface area contributed by atoms with Crippen molar-refractivity contribution in [3.63, 3.8) is 0 Å². The van der Waals surface area contributed by atoms with Crippen molar-refractivity contribution in [2.45, 2.75) is 25.3 Å². The molecule has 0 spiro atoms. The zero-order chi connectivity index (χ0) is 12.9. The highest BCUT2D eigenvalue weighted by atomic mass is 15.2. The lowest BCUT2D eigenvalue weighted by molar-refractivity contribution is 0.738. The van der Waals surface area contributed by atoms with Gasteiger partial charge in [0, 0.05) is 11.4 Å². The highest BCUT2D eigenvalue weighted by Gasteiger charge is 2.20. The van der Waals surface area contributed by atoms with Gasteiger partial charge in [-0.15, -0.1) is 0 Å². The molecule has 19 heavy (non-hydrogen) atoms. The summed E-state index contributed by atoms with van der Waals surface area (Å²) in [7, 11) is 0. The van der Waals surface area contributed by atoms with Crippen molar-refractivity contribution in [1.29, 1.82) is 0 Å². The summed E-state index contributed by atoms with van der Waals surface area (Å²) in [5, 5.41) is 0. The van der Waals surface area contributed by atoms with Gasteiger partial charge in [0.15, 0.2) is 0 Å². The molecule has 2 aliphatic carbocycles. The molecule has 0 heterocycles. The van der Waals surface area contributed by atoms with Gasteiger partial charge in [0.05, 0.1) is 6.04 Å². The number of rotatable bonds is 3. The molecule has 3 rings (SSSR count). The van der Waals surface area contributed by atoms with E-state index in [0.29, 0.717) is 0 Å². The summed E-state index contributed by atoms with van der Waals surface area (Å²) in [6.45, 7) is 0. The molecule has 2 aliphatic rings. The van der Waals surface area contributed by atoms with Crippen molar-refractivity contribution in [1.82, 2.24) is 0 Å². The highest BCUT2D eigenvalue weighted by Crippen LogP contribution is 2.28. The number of hydrogen-bond donors (Lipinski definition) is 0. The molecular formula is C18H17N. The van der Waals surface area contributed by atoms with E-state index >= 15 is 0 Å². The Morgan fingerprint density at radius 1 is 1.11 bits per heavy atom. The SMILES string of the molecule is C1#CC(N(C2=CC=CCC2)c2ccccc2)CC=C1. The zero-order valence-corrected chi connectivity index (χ0v) is 10.9. The van der Waals surface area contributed by atoms with Gasteiger partial charge in [-0.1, -0.05) is 48.3 Å². The first-order valence-corrected chi connectivity index (χ1v) is 6.81. The van der Waals surface area contributed by atoms with Crippen LogP contribution in [-0.4, -0.2) is 6.04 Å². The van der Waals surface area contributed by atoms with Gasteiger partial charge in [0.2, 0.25) is 0 Å². The number of benzene rings is 1. The lowest BCUT2D eigenvalue weighted by atomic mass is 10.0. The summed E-state index contributed by atoms with van der Waals surface area (Å²) < 4.78 is 0. The molecule has 0 radical (unpaired) electrons. The van der Waals surface area contributed by atoms with Gasteiger partial charge >= 0.3 is 0 Å². The Morgan fingerprint density at radius 2 is 2.00 bits per heavy atom. The van der Waals surface area contributed by atoms with E-state index in [0.717, 1.165) is 19.3 Å². The van der Waals surface area contributed by atoms with Crippen LogP contribution >= 0.6 is 0 Å². The second kappa shape index (κ2) is 5.63. The van der Waals surface area contributed by atoms with E-state index < -0.39 is 0 Å². The second-order valence-corrected chi connectivity index (χ2v) is 4.77. The Kier molecular flexibility index (Phi) is 3.51. The van der Waals surface area contributed by atoms with E-state index in [1.807, 2.05) is 6.08 Å². The van der Waals surface area contributed by atoms with Crippen LogP contribution in [0.2, 0.25) is 0 Å². The van der Waals surface area contributed by atoms with Gasteiger partial charge in [-0.2, -0.15) is 0 Å². The fraction of sp³-hybridized carbons (Fsp3) is 0.222. The summed E-state index contributed by atoms with van der Waals surface area (Å²) in [6.07, 6.45) is 13.9. The maximum absolute atomic E-state index is 3.34. The van der Waals surface area contributed by atoms with Crippen molar-refractivity contribution >= 4 is 5.69 Å². The molecule has 1 aromatic rings. The van der Waals surface area contributed by atoms with Crippen LogP contribution < -0.4 is 4.90 Å². The fourth-order valence-corrected chi connectivity index (χ4v) is 2.55. The predicted octanol–water partition coefficient (Wildman–Crippen LogP) is 4.06. The average Bonchev–Trinajstić information content (AvgIpc) is 2.51.